The first-order chi connectivity index (χ1) is 14.4. The molecule has 0 atom stereocenters. The zero-order valence-corrected chi connectivity index (χ0v) is 16.6. The zero-order valence-electron chi connectivity index (χ0n) is 16.6. The molecule has 0 amide bonds. The van der Waals surface area contributed by atoms with E-state index in [0.717, 1.165) is 81.1 Å². The molecule has 0 aliphatic carbocycles. The summed E-state index contributed by atoms with van der Waals surface area (Å²) in [7, 11) is 0. The number of hydrogen-bond acceptors (Lipinski definition) is 6. The molecule has 0 bridgehead atoms. The number of morpholine rings is 1. The molecule has 0 unspecified atom stereocenters. The van der Waals surface area contributed by atoms with Gasteiger partial charge in [-0.3, -0.25) is 4.90 Å². The standard InChI is InChI=1S/C21H28N4O4/c1-2-18(27-11-1)5-6-22-21(23-7-8-25-9-12-26-13-10-25)24-15-17-3-4-19-20(14-17)29-16-28-19/h1-4,11,14H,5-10,12-13,15-16H2,(H2,22,23,24). The fourth-order valence-corrected chi connectivity index (χ4v) is 3.30. The summed E-state index contributed by atoms with van der Waals surface area (Å²) in [6, 6.07) is 9.83. The fraction of sp³-hybridized carbons (Fsp3) is 0.476. The molecule has 3 heterocycles. The minimum Gasteiger partial charge on any atom is -0.469 e. The third-order valence-electron chi connectivity index (χ3n) is 4.92. The van der Waals surface area contributed by atoms with Crippen molar-refractivity contribution in [3.8, 4) is 11.5 Å². The second kappa shape index (κ2) is 10.2. The Labute approximate surface area is 170 Å². The average molecular weight is 400 g/mol. The van der Waals surface area contributed by atoms with Gasteiger partial charge in [-0.2, -0.15) is 0 Å². The quantitative estimate of drug-likeness (QED) is 0.515. The second-order valence-electron chi connectivity index (χ2n) is 6.99. The van der Waals surface area contributed by atoms with Gasteiger partial charge in [0.05, 0.1) is 26.0 Å². The number of fused-ring (bicyclic) bond motifs is 1. The van der Waals surface area contributed by atoms with Crippen molar-refractivity contribution < 1.29 is 18.6 Å². The number of aliphatic imine (C=N–C) groups is 1. The van der Waals surface area contributed by atoms with E-state index in [9.17, 15) is 0 Å². The van der Waals surface area contributed by atoms with Crippen molar-refractivity contribution in [1.82, 2.24) is 15.5 Å². The predicted octanol–water partition coefficient (Wildman–Crippen LogP) is 1.62. The number of guanidine groups is 1. The molecule has 0 saturated carbocycles. The third kappa shape index (κ3) is 5.88. The second-order valence-corrected chi connectivity index (χ2v) is 6.99. The SMILES string of the molecule is c1coc(CCNC(=NCc2ccc3c(c2)OCO3)NCCN2CCOCC2)c1. The number of hydrogen-bond donors (Lipinski definition) is 2. The Bertz CT molecular complexity index is 788. The van der Waals surface area contributed by atoms with Crippen LogP contribution < -0.4 is 20.1 Å². The molecule has 29 heavy (non-hydrogen) atoms. The summed E-state index contributed by atoms with van der Waals surface area (Å²) in [5, 5.41) is 6.84. The summed E-state index contributed by atoms with van der Waals surface area (Å²) >= 11 is 0. The Morgan fingerprint density at radius 2 is 1.90 bits per heavy atom. The number of nitrogens with one attached hydrogen (secondary N) is 2. The van der Waals surface area contributed by atoms with E-state index in [2.05, 4.69) is 15.5 Å². The fourth-order valence-electron chi connectivity index (χ4n) is 3.30. The Morgan fingerprint density at radius 3 is 2.76 bits per heavy atom. The summed E-state index contributed by atoms with van der Waals surface area (Å²) < 4.78 is 21.6. The van der Waals surface area contributed by atoms with Crippen LogP contribution in [0.3, 0.4) is 0 Å². The topological polar surface area (TPSA) is 80.5 Å². The Kier molecular flexibility index (Phi) is 6.88. The van der Waals surface area contributed by atoms with Crippen molar-refractivity contribution >= 4 is 5.96 Å². The first kappa shape index (κ1) is 19.6. The lowest BCUT2D eigenvalue weighted by Gasteiger charge is -2.26. The highest BCUT2D eigenvalue weighted by atomic mass is 16.7. The van der Waals surface area contributed by atoms with E-state index >= 15 is 0 Å². The van der Waals surface area contributed by atoms with Gasteiger partial charge in [-0.1, -0.05) is 6.07 Å². The van der Waals surface area contributed by atoms with Gasteiger partial charge in [0.25, 0.3) is 0 Å². The van der Waals surface area contributed by atoms with Crippen molar-refractivity contribution in [2.45, 2.75) is 13.0 Å². The Hall–Kier alpha value is -2.71. The minimum atomic E-state index is 0.282. The molecule has 2 aliphatic heterocycles. The molecule has 0 radical (unpaired) electrons. The van der Waals surface area contributed by atoms with Gasteiger partial charge in [-0.15, -0.1) is 0 Å². The van der Waals surface area contributed by atoms with E-state index in [4.69, 9.17) is 23.6 Å². The van der Waals surface area contributed by atoms with Crippen LogP contribution in [0, 0.1) is 0 Å². The first-order valence-corrected chi connectivity index (χ1v) is 10.1. The molecule has 1 aromatic carbocycles. The van der Waals surface area contributed by atoms with Crippen molar-refractivity contribution in [1.29, 1.82) is 0 Å². The summed E-state index contributed by atoms with van der Waals surface area (Å²) in [6.07, 6.45) is 2.51. The molecule has 1 aromatic heterocycles. The maximum atomic E-state index is 5.46. The summed E-state index contributed by atoms with van der Waals surface area (Å²) in [5.41, 5.74) is 1.08. The molecule has 2 N–H and O–H groups in total. The lowest BCUT2D eigenvalue weighted by atomic mass is 10.2. The van der Waals surface area contributed by atoms with Crippen LogP contribution in [0.15, 0.2) is 46.0 Å². The van der Waals surface area contributed by atoms with Crippen LogP contribution in [-0.2, 0) is 17.7 Å². The van der Waals surface area contributed by atoms with Gasteiger partial charge < -0.3 is 29.3 Å². The molecule has 8 nitrogen and oxygen atoms in total. The highest BCUT2D eigenvalue weighted by Crippen LogP contribution is 2.32. The van der Waals surface area contributed by atoms with E-state index in [1.54, 1.807) is 6.26 Å². The van der Waals surface area contributed by atoms with Gasteiger partial charge in [0.1, 0.15) is 5.76 Å². The molecule has 8 heteroatoms. The smallest absolute Gasteiger partial charge is 0.231 e. The van der Waals surface area contributed by atoms with E-state index in [1.165, 1.54) is 0 Å². The van der Waals surface area contributed by atoms with Gasteiger partial charge in [-0.05, 0) is 29.8 Å². The van der Waals surface area contributed by atoms with Crippen LogP contribution >= 0.6 is 0 Å². The van der Waals surface area contributed by atoms with Gasteiger partial charge in [0.2, 0.25) is 6.79 Å². The number of rotatable bonds is 8. The van der Waals surface area contributed by atoms with Crippen LogP contribution in [0.25, 0.3) is 0 Å². The van der Waals surface area contributed by atoms with Crippen LogP contribution in [0.2, 0.25) is 0 Å². The lowest BCUT2D eigenvalue weighted by molar-refractivity contribution is 0.0389. The van der Waals surface area contributed by atoms with Gasteiger partial charge >= 0.3 is 0 Å². The average Bonchev–Trinajstić information content (AvgIpc) is 3.44. The van der Waals surface area contributed by atoms with Crippen molar-refractivity contribution in [2.24, 2.45) is 4.99 Å². The van der Waals surface area contributed by atoms with Crippen LogP contribution in [0.4, 0.5) is 0 Å². The van der Waals surface area contributed by atoms with Crippen molar-refractivity contribution in [3.05, 3.63) is 47.9 Å². The summed E-state index contributed by atoms with van der Waals surface area (Å²) in [5.74, 6) is 3.33. The Balaban J connectivity index is 1.31. The molecular formula is C21H28N4O4. The maximum absolute atomic E-state index is 5.46. The predicted molar refractivity (Wildman–Crippen MR) is 109 cm³/mol. The summed E-state index contributed by atoms with van der Waals surface area (Å²) in [4.78, 5) is 7.14. The molecule has 1 saturated heterocycles. The van der Waals surface area contributed by atoms with Crippen molar-refractivity contribution in [2.75, 3.05) is 52.7 Å². The molecule has 2 aliphatic rings. The first-order valence-electron chi connectivity index (χ1n) is 10.1. The minimum absolute atomic E-state index is 0.282. The number of benzene rings is 1. The number of furan rings is 1. The molecule has 156 valence electrons. The third-order valence-corrected chi connectivity index (χ3v) is 4.92. The van der Waals surface area contributed by atoms with E-state index in [0.29, 0.717) is 6.54 Å². The molecule has 2 aromatic rings. The Morgan fingerprint density at radius 1 is 1.03 bits per heavy atom. The molecule has 4 rings (SSSR count). The van der Waals surface area contributed by atoms with E-state index in [1.807, 2.05) is 30.3 Å². The number of ether oxygens (including phenoxy) is 3. The van der Waals surface area contributed by atoms with Crippen LogP contribution in [0.5, 0.6) is 11.5 Å². The molecule has 0 spiro atoms. The van der Waals surface area contributed by atoms with E-state index < -0.39 is 0 Å². The number of nitrogens with zero attached hydrogens (tertiary/aromatic N) is 2. The van der Waals surface area contributed by atoms with Gasteiger partial charge in [-0.25, -0.2) is 4.99 Å². The molecular weight excluding hydrogens is 372 g/mol. The highest BCUT2D eigenvalue weighted by molar-refractivity contribution is 5.79. The summed E-state index contributed by atoms with van der Waals surface area (Å²) in [6.45, 7) is 6.97. The lowest BCUT2D eigenvalue weighted by Crippen LogP contribution is -2.44. The monoisotopic (exact) mass is 400 g/mol. The largest absolute Gasteiger partial charge is 0.469 e. The maximum Gasteiger partial charge on any atom is 0.231 e. The van der Waals surface area contributed by atoms with Gasteiger partial charge in [0, 0.05) is 39.1 Å². The zero-order chi connectivity index (χ0) is 19.7. The van der Waals surface area contributed by atoms with Crippen LogP contribution in [-0.4, -0.2) is 63.6 Å². The normalized spacial score (nSPS) is 16.8. The van der Waals surface area contributed by atoms with Crippen LogP contribution in [0.1, 0.15) is 11.3 Å². The van der Waals surface area contributed by atoms with Crippen molar-refractivity contribution in [3.63, 3.8) is 0 Å². The van der Waals surface area contributed by atoms with Gasteiger partial charge in [0.15, 0.2) is 17.5 Å². The highest BCUT2D eigenvalue weighted by Gasteiger charge is 2.13. The van der Waals surface area contributed by atoms with E-state index in [-0.39, 0.29) is 6.79 Å². The molecule has 1 fully saturated rings.